The fourth-order valence-electron chi connectivity index (χ4n) is 2.54. The molecule has 1 aromatic heterocycles. The molecule has 2 N–H and O–H groups in total. The van der Waals surface area contributed by atoms with Crippen LogP contribution in [0.1, 0.15) is 24.5 Å². The Kier molecular flexibility index (Phi) is 0.891. The second-order valence-corrected chi connectivity index (χ2v) is 4.29. The molecule has 1 fully saturated rings. The van der Waals surface area contributed by atoms with Crippen molar-refractivity contribution in [3.63, 3.8) is 0 Å². The highest BCUT2D eigenvalue weighted by Gasteiger charge is 2.56. The van der Waals surface area contributed by atoms with E-state index in [1.807, 2.05) is 12.3 Å². The second-order valence-electron chi connectivity index (χ2n) is 4.29. The zero-order chi connectivity index (χ0) is 8.34. The largest absolute Gasteiger partial charge is 0.384 e. The number of rotatable bonds is 0. The van der Waals surface area contributed by atoms with Gasteiger partial charge in [-0.25, -0.2) is 4.98 Å². The highest BCUT2D eigenvalue weighted by atomic mass is 14.8. The summed E-state index contributed by atoms with van der Waals surface area (Å²) in [5.74, 6) is 1.55. The molecule has 0 radical (unpaired) electrons. The summed E-state index contributed by atoms with van der Waals surface area (Å²) >= 11 is 0. The lowest BCUT2D eigenvalue weighted by atomic mass is 10.0. The molecular formula is C10H12N2. The molecule has 1 aromatic rings. The molecule has 2 heteroatoms. The minimum absolute atomic E-state index is 0.468. The maximum absolute atomic E-state index is 5.62. The van der Waals surface area contributed by atoms with Crippen molar-refractivity contribution in [2.24, 2.45) is 5.92 Å². The van der Waals surface area contributed by atoms with Crippen LogP contribution in [0.5, 0.6) is 0 Å². The van der Waals surface area contributed by atoms with E-state index in [1.165, 1.54) is 24.0 Å². The van der Waals surface area contributed by atoms with Crippen LogP contribution in [0.2, 0.25) is 0 Å². The van der Waals surface area contributed by atoms with Gasteiger partial charge in [-0.3, -0.25) is 0 Å². The molecule has 0 amide bonds. The predicted molar refractivity (Wildman–Crippen MR) is 47.8 cm³/mol. The molecule has 0 spiro atoms. The second kappa shape index (κ2) is 1.65. The fraction of sp³-hybridized carbons (Fsp3) is 0.500. The number of aromatic nitrogens is 1. The van der Waals surface area contributed by atoms with Gasteiger partial charge in [-0.2, -0.15) is 0 Å². The number of fused-ring (bicyclic) bond motifs is 3. The lowest BCUT2D eigenvalue weighted by Crippen LogP contribution is -2.01. The van der Waals surface area contributed by atoms with Crippen LogP contribution in [0, 0.1) is 5.92 Å². The van der Waals surface area contributed by atoms with Gasteiger partial charge < -0.3 is 5.73 Å². The fourth-order valence-corrected chi connectivity index (χ4v) is 2.54. The van der Waals surface area contributed by atoms with E-state index in [1.54, 1.807) is 0 Å². The molecule has 12 heavy (non-hydrogen) atoms. The Labute approximate surface area is 71.8 Å². The molecule has 2 aliphatic rings. The Bertz CT molecular complexity index is 359. The summed E-state index contributed by atoms with van der Waals surface area (Å²) < 4.78 is 0. The van der Waals surface area contributed by atoms with E-state index in [2.05, 4.69) is 11.9 Å². The molecule has 2 aliphatic carbocycles. The SMILES string of the molecule is CC12CC1Cc1cc(N)ncc12. The molecule has 0 bridgehead atoms. The van der Waals surface area contributed by atoms with Crippen molar-refractivity contribution >= 4 is 5.82 Å². The van der Waals surface area contributed by atoms with Gasteiger partial charge in [0.05, 0.1) is 0 Å². The average molecular weight is 160 g/mol. The van der Waals surface area contributed by atoms with Crippen LogP contribution in [0.25, 0.3) is 0 Å². The summed E-state index contributed by atoms with van der Waals surface area (Å²) in [6.07, 6.45) is 4.54. The van der Waals surface area contributed by atoms with Crippen molar-refractivity contribution in [3.8, 4) is 0 Å². The van der Waals surface area contributed by atoms with Crippen LogP contribution in [0.15, 0.2) is 12.3 Å². The van der Waals surface area contributed by atoms with Crippen molar-refractivity contribution < 1.29 is 0 Å². The normalized spacial score (nSPS) is 35.9. The molecule has 1 heterocycles. The first-order valence-electron chi connectivity index (χ1n) is 4.45. The van der Waals surface area contributed by atoms with Crippen LogP contribution in [-0.2, 0) is 11.8 Å². The van der Waals surface area contributed by atoms with E-state index in [-0.39, 0.29) is 0 Å². The van der Waals surface area contributed by atoms with E-state index >= 15 is 0 Å². The third kappa shape index (κ3) is 0.591. The van der Waals surface area contributed by atoms with Gasteiger partial charge >= 0.3 is 0 Å². The lowest BCUT2D eigenvalue weighted by molar-refractivity contribution is 0.719. The van der Waals surface area contributed by atoms with Crippen LogP contribution in [-0.4, -0.2) is 4.98 Å². The zero-order valence-electron chi connectivity index (χ0n) is 7.17. The van der Waals surface area contributed by atoms with E-state index < -0.39 is 0 Å². The molecule has 2 unspecified atom stereocenters. The number of nitrogens with zero attached hydrogens (tertiary/aromatic N) is 1. The van der Waals surface area contributed by atoms with Gasteiger partial charge in [0, 0.05) is 6.20 Å². The number of pyridine rings is 1. The highest BCUT2D eigenvalue weighted by Crippen LogP contribution is 2.61. The number of nitrogen functional groups attached to an aromatic ring is 1. The molecule has 2 atom stereocenters. The summed E-state index contributed by atoms with van der Waals surface area (Å²) in [7, 11) is 0. The first kappa shape index (κ1) is 6.46. The summed E-state index contributed by atoms with van der Waals surface area (Å²) in [5, 5.41) is 0. The number of anilines is 1. The van der Waals surface area contributed by atoms with Gasteiger partial charge in [0.15, 0.2) is 0 Å². The number of nitrogens with two attached hydrogens (primary N) is 1. The Balaban J connectivity index is 2.21. The van der Waals surface area contributed by atoms with Crippen molar-refractivity contribution in [1.29, 1.82) is 0 Å². The first-order chi connectivity index (χ1) is 5.70. The van der Waals surface area contributed by atoms with Gasteiger partial charge in [0.25, 0.3) is 0 Å². The topological polar surface area (TPSA) is 38.9 Å². The smallest absolute Gasteiger partial charge is 0.123 e. The molecule has 2 nitrogen and oxygen atoms in total. The molecule has 1 saturated carbocycles. The average Bonchev–Trinajstić information content (AvgIpc) is 2.55. The summed E-state index contributed by atoms with van der Waals surface area (Å²) in [5.41, 5.74) is 8.97. The highest BCUT2D eigenvalue weighted by molar-refractivity contribution is 5.49. The van der Waals surface area contributed by atoms with E-state index in [9.17, 15) is 0 Å². The third-order valence-corrected chi connectivity index (χ3v) is 3.50. The van der Waals surface area contributed by atoms with Gasteiger partial charge in [0.1, 0.15) is 5.82 Å². The minimum Gasteiger partial charge on any atom is -0.384 e. The molecule has 0 saturated heterocycles. The Morgan fingerprint density at radius 1 is 1.67 bits per heavy atom. The van der Waals surface area contributed by atoms with Crippen LogP contribution in [0.4, 0.5) is 5.82 Å². The van der Waals surface area contributed by atoms with Gasteiger partial charge in [-0.1, -0.05) is 6.92 Å². The maximum atomic E-state index is 5.62. The summed E-state index contributed by atoms with van der Waals surface area (Å²) in [6, 6.07) is 2.03. The third-order valence-electron chi connectivity index (χ3n) is 3.50. The van der Waals surface area contributed by atoms with Crippen molar-refractivity contribution in [2.75, 3.05) is 5.73 Å². The quantitative estimate of drug-likeness (QED) is 0.624. The van der Waals surface area contributed by atoms with Gasteiger partial charge in [-0.05, 0) is 41.4 Å². The predicted octanol–water partition coefficient (Wildman–Crippen LogP) is 1.50. The van der Waals surface area contributed by atoms with E-state index in [0.29, 0.717) is 11.2 Å². The van der Waals surface area contributed by atoms with Crippen LogP contribution in [0.3, 0.4) is 0 Å². The van der Waals surface area contributed by atoms with Crippen LogP contribution < -0.4 is 5.73 Å². The number of hydrogen-bond acceptors (Lipinski definition) is 2. The lowest BCUT2D eigenvalue weighted by Gasteiger charge is -2.07. The minimum atomic E-state index is 0.468. The van der Waals surface area contributed by atoms with Crippen molar-refractivity contribution in [3.05, 3.63) is 23.4 Å². The molecule has 0 aromatic carbocycles. The zero-order valence-corrected chi connectivity index (χ0v) is 7.17. The number of hydrogen-bond donors (Lipinski definition) is 1. The maximum Gasteiger partial charge on any atom is 0.123 e. The van der Waals surface area contributed by atoms with E-state index in [0.717, 1.165) is 5.92 Å². The Morgan fingerprint density at radius 3 is 3.33 bits per heavy atom. The van der Waals surface area contributed by atoms with Crippen LogP contribution >= 0.6 is 0 Å². The Hall–Kier alpha value is -1.05. The van der Waals surface area contributed by atoms with E-state index in [4.69, 9.17) is 5.73 Å². The molecule has 3 rings (SSSR count). The van der Waals surface area contributed by atoms with Crippen molar-refractivity contribution in [2.45, 2.75) is 25.2 Å². The molecular weight excluding hydrogens is 148 g/mol. The monoisotopic (exact) mass is 160 g/mol. The molecule has 0 aliphatic heterocycles. The molecule has 62 valence electrons. The summed E-state index contributed by atoms with van der Waals surface area (Å²) in [6.45, 7) is 2.33. The standard InChI is InChI=1S/C10H12N2/c1-10-4-7(10)2-6-3-9(11)12-5-8(6)10/h3,5,7H,2,4H2,1H3,(H2,11,12). The van der Waals surface area contributed by atoms with Gasteiger partial charge in [-0.15, -0.1) is 0 Å². The summed E-state index contributed by atoms with van der Waals surface area (Å²) in [4.78, 5) is 4.15. The van der Waals surface area contributed by atoms with Gasteiger partial charge in [0.2, 0.25) is 0 Å². The first-order valence-corrected chi connectivity index (χ1v) is 4.45. The van der Waals surface area contributed by atoms with Crippen molar-refractivity contribution in [1.82, 2.24) is 4.98 Å². The Morgan fingerprint density at radius 2 is 2.50 bits per heavy atom.